The number of carbonyl (C=O) groups is 2. The predicted molar refractivity (Wildman–Crippen MR) is 127 cm³/mol. The lowest BCUT2D eigenvalue weighted by atomic mass is 9.94. The second-order valence-electron chi connectivity index (χ2n) is 7.74. The second kappa shape index (κ2) is 10.7. The summed E-state index contributed by atoms with van der Waals surface area (Å²) in [4.78, 5) is 34.6. The Kier molecular flexibility index (Phi) is 7.75. The maximum absolute atomic E-state index is 13.1. The van der Waals surface area contributed by atoms with Gasteiger partial charge >= 0.3 is 5.97 Å². The molecule has 3 aliphatic heterocycles. The Morgan fingerprint density at radius 3 is 2.64 bits per heavy atom. The minimum atomic E-state index is -0.483. The lowest BCUT2D eigenvalue weighted by molar-refractivity contribution is -0.141. The molecule has 1 amide bonds. The average Bonchev–Trinajstić information content (AvgIpc) is 3.21. The number of nitrogens with zero attached hydrogens (tertiary/aromatic N) is 3. The molecular weight excluding hydrogens is 466 g/mol. The van der Waals surface area contributed by atoms with Crippen LogP contribution < -0.4 is 0 Å². The summed E-state index contributed by atoms with van der Waals surface area (Å²) < 4.78 is 15.8. The van der Waals surface area contributed by atoms with E-state index in [1.807, 2.05) is 27.3 Å². The second-order valence-corrected chi connectivity index (χ2v) is 9.02. The maximum Gasteiger partial charge on any atom is 0.338 e. The minimum absolute atomic E-state index is 0.0248. The van der Waals surface area contributed by atoms with Crippen LogP contribution >= 0.6 is 23.4 Å². The molecule has 0 saturated carbocycles. The molecule has 8 nitrogen and oxygen atoms in total. The van der Waals surface area contributed by atoms with Crippen molar-refractivity contribution in [3.05, 3.63) is 57.2 Å². The van der Waals surface area contributed by atoms with Gasteiger partial charge in [0.1, 0.15) is 6.61 Å². The van der Waals surface area contributed by atoms with E-state index in [1.54, 1.807) is 26.2 Å². The third-order valence-corrected chi connectivity index (χ3v) is 6.76. The van der Waals surface area contributed by atoms with Gasteiger partial charge in [0.25, 0.3) is 0 Å². The zero-order chi connectivity index (χ0) is 23.4. The Balaban J connectivity index is 1.65. The van der Waals surface area contributed by atoms with E-state index in [0.717, 1.165) is 16.4 Å². The Morgan fingerprint density at radius 2 is 1.94 bits per heavy atom. The summed E-state index contributed by atoms with van der Waals surface area (Å²) in [6, 6.07) is 6.86. The molecule has 4 rings (SSSR count). The largest absolute Gasteiger partial charge is 0.460 e. The van der Waals surface area contributed by atoms with Gasteiger partial charge in [0.2, 0.25) is 5.91 Å². The highest BCUT2D eigenvalue weighted by Crippen LogP contribution is 2.45. The van der Waals surface area contributed by atoms with Crippen molar-refractivity contribution in [2.75, 3.05) is 46.6 Å². The van der Waals surface area contributed by atoms with Crippen LogP contribution in [0.15, 0.2) is 51.6 Å². The van der Waals surface area contributed by atoms with Crippen LogP contribution in [0.3, 0.4) is 0 Å². The lowest BCUT2D eigenvalue weighted by Crippen LogP contribution is -2.42. The van der Waals surface area contributed by atoms with Crippen LogP contribution in [0.1, 0.15) is 24.9 Å². The summed E-state index contributed by atoms with van der Waals surface area (Å²) in [5.74, 6) is -0.431. The van der Waals surface area contributed by atoms with E-state index in [2.05, 4.69) is 4.99 Å². The zero-order valence-corrected chi connectivity index (χ0v) is 20.2. The number of methoxy groups -OCH3 is 1. The summed E-state index contributed by atoms with van der Waals surface area (Å²) in [5.41, 5.74) is 2.68. The van der Waals surface area contributed by atoms with Crippen molar-refractivity contribution in [2.45, 2.75) is 19.4 Å². The van der Waals surface area contributed by atoms with Crippen LogP contribution in [0.2, 0.25) is 5.02 Å². The summed E-state index contributed by atoms with van der Waals surface area (Å²) in [6.45, 7) is 4.50. The van der Waals surface area contributed by atoms with Crippen LogP contribution in [-0.2, 0) is 23.8 Å². The quantitative estimate of drug-likeness (QED) is 0.427. The minimum Gasteiger partial charge on any atom is -0.460 e. The first-order valence-corrected chi connectivity index (χ1v) is 12.0. The van der Waals surface area contributed by atoms with E-state index >= 15 is 0 Å². The van der Waals surface area contributed by atoms with Crippen molar-refractivity contribution in [2.24, 2.45) is 4.99 Å². The molecule has 0 spiro atoms. The topological polar surface area (TPSA) is 80.7 Å². The number of esters is 1. The van der Waals surface area contributed by atoms with Crippen molar-refractivity contribution < 1.29 is 23.8 Å². The molecule has 0 unspecified atom stereocenters. The van der Waals surface area contributed by atoms with Crippen LogP contribution in [-0.4, -0.2) is 73.5 Å². The first-order valence-electron chi connectivity index (χ1n) is 10.7. The van der Waals surface area contributed by atoms with E-state index in [4.69, 9.17) is 25.8 Å². The Morgan fingerprint density at radius 1 is 1.21 bits per heavy atom. The van der Waals surface area contributed by atoms with E-state index < -0.39 is 12.0 Å². The number of fused-ring (bicyclic) bond motifs is 1. The van der Waals surface area contributed by atoms with E-state index in [1.165, 1.54) is 11.8 Å². The van der Waals surface area contributed by atoms with Crippen molar-refractivity contribution >= 4 is 40.4 Å². The molecule has 3 aliphatic rings. The number of benzene rings is 1. The SMILES string of the molecule is COCCOC(=O)C1=C(C)N=C2SC=C(CC(=O)N3CCOCC3)N2[C@H]1c1ccc(Cl)cc1. The number of allylic oxidation sites excluding steroid dienone is 1. The highest BCUT2D eigenvalue weighted by Gasteiger charge is 2.41. The molecule has 33 heavy (non-hydrogen) atoms. The number of thioether (sulfide) groups is 1. The van der Waals surface area contributed by atoms with Gasteiger partial charge in [-0.15, -0.1) is 0 Å². The van der Waals surface area contributed by atoms with Crippen LogP contribution in [0.25, 0.3) is 0 Å². The number of amidine groups is 1. The molecule has 1 saturated heterocycles. The molecule has 0 radical (unpaired) electrons. The average molecular weight is 492 g/mol. The molecule has 1 aromatic rings. The molecule has 10 heteroatoms. The first kappa shape index (κ1) is 23.8. The van der Waals surface area contributed by atoms with E-state index in [-0.39, 0.29) is 18.9 Å². The number of carbonyl (C=O) groups excluding carboxylic acids is 2. The van der Waals surface area contributed by atoms with Gasteiger partial charge in [0.05, 0.1) is 43.6 Å². The Hall–Kier alpha value is -2.33. The van der Waals surface area contributed by atoms with Crippen molar-refractivity contribution in [3.8, 4) is 0 Å². The van der Waals surface area contributed by atoms with Gasteiger partial charge in [-0.1, -0.05) is 35.5 Å². The zero-order valence-electron chi connectivity index (χ0n) is 18.6. The fraction of sp³-hybridized carbons (Fsp3) is 0.435. The number of halogens is 1. The van der Waals surface area contributed by atoms with E-state index in [0.29, 0.717) is 49.2 Å². The fourth-order valence-corrected chi connectivity index (χ4v) is 5.06. The van der Waals surface area contributed by atoms with Crippen LogP contribution in [0.5, 0.6) is 0 Å². The van der Waals surface area contributed by atoms with Gasteiger partial charge in [-0.3, -0.25) is 4.79 Å². The molecule has 1 atom stereocenters. The van der Waals surface area contributed by atoms with Crippen molar-refractivity contribution in [1.29, 1.82) is 0 Å². The third kappa shape index (κ3) is 5.27. The highest BCUT2D eigenvalue weighted by atomic mass is 35.5. The Labute approximate surface area is 202 Å². The van der Waals surface area contributed by atoms with Gasteiger partial charge in [0.15, 0.2) is 5.17 Å². The Bertz CT molecular complexity index is 1000. The van der Waals surface area contributed by atoms with Crippen molar-refractivity contribution in [3.63, 3.8) is 0 Å². The summed E-state index contributed by atoms with van der Waals surface area (Å²) >= 11 is 7.58. The number of hydrogen-bond acceptors (Lipinski definition) is 8. The van der Waals surface area contributed by atoms with Gasteiger partial charge in [-0.2, -0.15) is 0 Å². The number of rotatable bonds is 7. The van der Waals surface area contributed by atoms with Crippen LogP contribution in [0.4, 0.5) is 0 Å². The molecule has 0 aliphatic carbocycles. The smallest absolute Gasteiger partial charge is 0.338 e. The monoisotopic (exact) mass is 491 g/mol. The summed E-state index contributed by atoms with van der Waals surface area (Å²) in [7, 11) is 1.55. The summed E-state index contributed by atoms with van der Waals surface area (Å²) in [5, 5.41) is 3.26. The highest BCUT2D eigenvalue weighted by molar-refractivity contribution is 8.16. The first-order chi connectivity index (χ1) is 16.0. The number of hydrogen-bond donors (Lipinski definition) is 0. The number of aliphatic imine (C=N–C) groups is 1. The lowest BCUT2D eigenvalue weighted by Gasteiger charge is -2.37. The molecule has 0 N–H and O–H groups in total. The third-order valence-electron chi connectivity index (χ3n) is 5.62. The van der Waals surface area contributed by atoms with Gasteiger partial charge < -0.3 is 24.0 Å². The predicted octanol–water partition coefficient (Wildman–Crippen LogP) is 3.35. The number of amides is 1. The maximum atomic E-state index is 13.1. The van der Waals surface area contributed by atoms with Crippen LogP contribution in [0, 0.1) is 0 Å². The molecule has 1 fully saturated rings. The summed E-state index contributed by atoms with van der Waals surface area (Å²) in [6.07, 6.45) is 0.209. The van der Waals surface area contributed by atoms with Crippen molar-refractivity contribution in [1.82, 2.24) is 9.80 Å². The molecule has 0 bridgehead atoms. The van der Waals surface area contributed by atoms with Gasteiger partial charge in [-0.05, 0) is 30.0 Å². The fourth-order valence-electron chi connectivity index (χ4n) is 3.97. The standard InChI is InChI=1S/C23H26ClN3O5S/c1-15-20(22(29)32-12-11-30-2)21(16-3-5-17(24)6-4-16)27-18(14-33-23(27)25-15)13-19(28)26-7-9-31-10-8-26/h3-6,14,21H,7-13H2,1-2H3/t21-/m0/s1. The molecule has 176 valence electrons. The van der Waals surface area contributed by atoms with E-state index in [9.17, 15) is 9.59 Å². The molecule has 3 heterocycles. The molecular formula is C23H26ClN3O5S. The normalized spacial score (nSPS) is 20.4. The number of ether oxygens (including phenoxy) is 3. The number of morpholine rings is 1. The van der Waals surface area contributed by atoms with Gasteiger partial charge in [-0.25, -0.2) is 9.79 Å². The molecule has 0 aromatic heterocycles. The van der Waals surface area contributed by atoms with Gasteiger partial charge in [0, 0.05) is 30.9 Å². The molecule has 1 aromatic carbocycles.